The highest BCUT2D eigenvalue weighted by atomic mass is 16.5. The Morgan fingerprint density at radius 1 is 0.966 bits per heavy atom. The van der Waals surface area contributed by atoms with Crippen LogP contribution in [0.1, 0.15) is 34.1 Å². The van der Waals surface area contributed by atoms with Gasteiger partial charge in [-0.05, 0) is 52.0 Å². The maximum absolute atomic E-state index is 12.9. The first-order valence-corrected chi connectivity index (χ1v) is 9.97. The Balaban J connectivity index is 1.74. The molecular formula is C23H28N2O4. The van der Waals surface area contributed by atoms with E-state index in [1.54, 1.807) is 11.0 Å². The molecule has 6 heteroatoms. The summed E-state index contributed by atoms with van der Waals surface area (Å²) >= 11 is 0. The molecule has 3 rings (SSSR count). The third-order valence-electron chi connectivity index (χ3n) is 4.52. The Morgan fingerprint density at radius 3 is 2.24 bits per heavy atom. The Labute approximate surface area is 171 Å². The predicted octanol–water partition coefficient (Wildman–Crippen LogP) is 4.25. The van der Waals surface area contributed by atoms with Gasteiger partial charge in [0.05, 0.1) is 29.5 Å². The number of rotatable bonds is 7. The lowest BCUT2D eigenvalue weighted by molar-refractivity contribution is -0.122. The summed E-state index contributed by atoms with van der Waals surface area (Å²) in [6.07, 6.45) is 0.147. The Hall–Kier alpha value is -3.02. The van der Waals surface area contributed by atoms with E-state index in [1.165, 1.54) is 0 Å². The fourth-order valence-corrected chi connectivity index (χ4v) is 3.31. The molecule has 1 N–H and O–H groups in total. The minimum Gasteiger partial charge on any atom is -0.489 e. The molecule has 6 nitrogen and oxygen atoms in total. The molecule has 0 saturated carbocycles. The number of benzene rings is 2. The van der Waals surface area contributed by atoms with Crippen molar-refractivity contribution in [2.75, 3.05) is 16.8 Å². The average molecular weight is 396 g/mol. The maximum Gasteiger partial charge on any atom is 0.229 e. The lowest BCUT2D eigenvalue weighted by Gasteiger charge is -2.21. The summed E-state index contributed by atoms with van der Waals surface area (Å²) in [6.45, 7) is 8.06. The number of carbonyl (C=O) groups is 2. The van der Waals surface area contributed by atoms with Crippen LogP contribution in [0.2, 0.25) is 0 Å². The van der Waals surface area contributed by atoms with Crippen LogP contribution in [-0.4, -0.2) is 30.6 Å². The number of hydrogen-bond donors (Lipinski definition) is 1. The van der Waals surface area contributed by atoms with E-state index in [4.69, 9.17) is 9.47 Å². The molecule has 0 aromatic heterocycles. The van der Waals surface area contributed by atoms with E-state index in [1.807, 2.05) is 70.2 Å². The largest absolute Gasteiger partial charge is 0.489 e. The first kappa shape index (κ1) is 20.7. The van der Waals surface area contributed by atoms with Crippen molar-refractivity contribution in [1.82, 2.24) is 0 Å². The summed E-state index contributed by atoms with van der Waals surface area (Å²) in [7, 11) is 0. The molecular weight excluding hydrogens is 368 g/mol. The van der Waals surface area contributed by atoms with Crippen LogP contribution in [0.25, 0.3) is 0 Å². The van der Waals surface area contributed by atoms with Gasteiger partial charge in [-0.3, -0.25) is 9.59 Å². The summed E-state index contributed by atoms with van der Waals surface area (Å²) in [5.41, 5.74) is 1.31. The lowest BCUT2D eigenvalue weighted by atomic mass is 10.1. The van der Waals surface area contributed by atoms with Crippen molar-refractivity contribution in [1.29, 1.82) is 0 Å². The third-order valence-corrected chi connectivity index (χ3v) is 4.52. The van der Waals surface area contributed by atoms with Crippen LogP contribution in [-0.2, 0) is 9.59 Å². The molecule has 2 aromatic carbocycles. The van der Waals surface area contributed by atoms with Crippen LogP contribution in [0.3, 0.4) is 0 Å². The van der Waals surface area contributed by atoms with Crippen LogP contribution >= 0.6 is 0 Å². The first-order valence-electron chi connectivity index (χ1n) is 9.97. The molecule has 0 aliphatic carbocycles. The molecule has 0 spiro atoms. The topological polar surface area (TPSA) is 67.9 Å². The van der Waals surface area contributed by atoms with E-state index >= 15 is 0 Å². The number of anilines is 2. The molecule has 1 unspecified atom stereocenters. The van der Waals surface area contributed by atoms with Gasteiger partial charge in [0, 0.05) is 13.0 Å². The van der Waals surface area contributed by atoms with Gasteiger partial charge < -0.3 is 19.7 Å². The highest BCUT2D eigenvalue weighted by Gasteiger charge is 2.36. The van der Waals surface area contributed by atoms with Gasteiger partial charge >= 0.3 is 0 Å². The summed E-state index contributed by atoms with van der Waals surface area (Å²) < 4.78 is 11.6. The summed E-state index contributed by atoms with van der Waals surface area (Å²) in [6, 6.07) is 14.8. The Morgan fingerprint density at radius 2 is 1.55 bits per heavy atom. The Bertz CT molecular complexity index is 879. The molecule has 154 valence electrons. The van der Waals surface area contributed by atoms with E-state index in [0.29, 0.717) is 29.4 Å². The highest BCUT2D eigenvalue weighted by molar-refractivity contribution is 6.04. The van der Waals surface area contributed by atoms with Crippen molar-refractivity contribution >= 4 is 23.2 Å². The van der Waals surface area contributed by atoms with Crippen molar-refractivity contribution < 1.29 is 19.1 Å². The van der Waals surface area contributed by atoms with Crippen LogP contribution in [0.15, 0.2) is 48.5 Å². The predicted molar refractivity (Wildman–Crippen MR) is 114 cm³/mol. The molecule has 0 radical (unpaired) electrons. The summed E-state index contributed by atoms with van der Waals surface area (Å²) in [5, 5.41) is 2.92. The number of nitrogens with zero attached hydrogens (tertiary/aromatic N) is 1. The van der Waals surface area contributed by atoms with E-state index in [9.17, 15) is 9.59 Å². The van der Waals surface area contributed by atoms with Gasteiger partial charge in [-0.2, -0.15) is 0 Å². The van der Waals surface area contributed by atoms with Gasteiger partial charge in [0.15, 0.2) is 0 Å². The molecule has 1 heterocycles. The van der Waals surface area contributed by atoms with Crippen molar-refractivity contribution in [2.45, 2.75) is 46.3 Å². The molecule has 1 aliphatic heterocycles. The second kappa shape index (κ2) is 8.99. The highest BCUT2D eigenvalue weighted by Crippen LogP contribution is 2.34. The van der Waals surface area contributed by atoms with E-state index in [2.05, 4.69) is 5.32 Å². The monoisotopic (exact) mass is 396 g/mol. The van der Waals surface area contributed by atoms with Crippen molar-refractivity contribution in [2.24, 2.45) is 5.92 Å². The van der Waals surface area contributed by atoms with Crippen LogP contribution in [0.4, 0.5) is 11.4 Å². The zero-order chi connectivity index (χ0) is 21.0. The maximum atomic E-state index is 12.9. The molecule has 1 fully saturated rings. The standard InChI is InChI=1S/C23H28N2O4/c1-15(2)28-20-11-7-5-9-18(20)24-23(27)17-13-22(26)25(14-17)19-10-6-8-12-21(19)29-16(3)4/h5-12,15-17H,13-14H2,1-4H3,(H,24,27). The van der Waals surface area contributed by atoms with Crippen molar-refractivity contribution in [3.63, 3.8) is 0 Å². The van der Waals surface area contributed by atoms with Crippen LogP contribution < -0.4 is 19.7 Å². The second-order valence-electron chi connectivity index (χ2n) is 7.69. The average Bonchev–Trinajstić information content (AvgIpc) is 3.04. The number of ether oxygens (including phenoxy) is 2. The fraction of sp³-hybridized carbons (Fsp3) is 0.391. The molecule has 29 heavy (non-hydrogen) atoms. The lowest BCUT2D eigenvalue weighted by Crippen LogP contribution is -2.28. The molecule has 1 atom stereocenters. The second-order valence-corrected chi connectivity index (χ2v) is 7.69. The van der Waals surface area contributed by atoms with Gasteiger partial charge in [0.1, 0.15) is 11.5 Å². The van der Waals surface area contributed by atoms with Gasteiger partial charge in [-0.15, -0.1) is 0 Å². The summed E-state index contributed by atoms with van der Waals surface area (Å²) in [5.74, 6) is 0.543. The molecule has 1 aliphatic rings. The third kappa shape index (κ3) is 5.08. The number of nitrogens with one attached hydrogen (secondary N) is 1. The Kier molecular flexibility index (Phi) is 6.42. The van der Waals surface area contributed by atoms with Gasteiger partial charge in [0.25, 0.3) is 0 Å². The molecule has 1 saturated heterocycles. The number of amides is 2. The zero-order valence-electron chi connectivity index (χ0n) is 17.3. The normalized spacial score (nSPS) is 16.4. The molecule has 2 amide bonds. The van der Waals surface area contributed by atoms with E-state index in [-0.39, 0.29) is 30.4 Å². The molecule has 0 bridgehead atoms. The minimum atomic E-state index is -0.443. The van der Waals surface area contributed by atoms with Crippen LogP contribution in [0, 0.1) is 5.92 Å². The van der Waals surface area contributed by atoms with Crippen molar-refractivity contribution in [3.05, 3.63) is 48.5 Å². The van der Waals surface area contributed by atoms with Crippen LogP contribution in [0.5, 0.6) is 11.5 Å². The van der Waals surface area contributed by atoms with Gasteiger partial charge in [0.2, 0.25) is 11.8 Å². The quantitative estimate of drug-likeness (QED) is 0.760. The van der Waals surface area contributed by atoms with E-state index in [0.717, 1.165) is 0 Å². The summed E-state index contributed by atoms with van der Waals surface area (Å²) in [4.78, 5) is 27.2. The van der Waals surface area contributed by atoms with Crippen molar-refractivity contribution in [3.8, 4) is 11.5 Å². The fourth-order valence-electron chi connectivity index (χ4n) is 3.31. The number of hydrogen-bond acceptors (Lipinski definition) is 4. The first-order chi connectivity index (χ1) is 13.8. The van der Waals surface area contributed by atoms with Gasteiger partial charge in [-0.25, -0.2) is 0 Å². The number of carbonyl (C=O) groups excluding carboxylic acids is 2. The SMILES string of the molecule is CC(C)Oc1ccccc1NC(=O)C1CC(=O)N(c2ccccc2OC(C)C)C1. The smallest absolute Gasteiger partial charge is 0.229 e. The van der Waals surface area contributed by atoms with E-state index < -0.39 is 5.92 Å². The number of para-hydroxylation sites is 4. The van der Waals surface area contributed by atoms with Gasteiger partial charge in [-0.1, -0.05) is 24.3 Å². The minimum absolute atomic E-state index is 0.00550. The zero-order valence-corrected chi connectivity index (χ0v) is 17.3. The molecule has 2 aromatic rings.